The molecule has 1 aromatic heterocycles. The lowest BCUT2D eigenvalue weighted by Gasteiger charge is -2.30. The maximum absolute atomic E-state index is 13.5. The number of carbonyl (C=O) groups excluding carboxylic acids is 1. The van der Waals surface area contributed by atoms with Gasteiger partial charge >= 0.3 is 6.09 Å². The van der Waals surface area contributed by atoms with Gasteiger partial charge in [-0.1, -0.05) is 44.2 Å². The smallest absolute Gasteiger partial charge is 0.407 e. The van der Waals surface area contributed by atoms with E-state index in [2.05, 4.69) is 5.32 Å². The van der Waals surface area contributed by atoms with E-state index in [9.17, 15) is 23.5 Å². The number of benzene rings is 2. The molecular weight excluding hydrogens is 522 g/mol. The van der Waals surface area contributed by atoms with E-state index < -0.39 is 28.3 Å². The van der Waals surface area contributed by atoms with Gasteiger partial charge in [-0.05, 0) is 42.2 Å². The number of carbonyl (C=O) groups is 1. The number of aromatic nitrogens is 1. The van der Waals surface area contributed by atoms with Crippen LogP contribution in [0, 0.1) is 5.92 Å². The summed E-state index contributed by atoms with van der Waals surface area (Å²) >= 11 is 0. The van der Waals surface area contributed by atoms with Crippen molar-refractivity contribution >= 4 is 16.1 Å². The zero-order chi connectivity index (χ0) is 28.4. The quantitative estimate of drug-likeness (QED) is 0.217. The van der Waals surface area contributed by atoms with Gasteiger partial charge in [0.15, 0.2) is 0 Å². The number of rotatable bonds is 13. The third-order valence-electron chi connectivity index (χ3n) is 5.98. The summed E-state index contributed by atoms with van der Waals surface area (Å²) in [5.74, 6) is 0.514. The second kappa shape index (κ2) is 13.9. The molecule has 0 aliphatic rings. The summed E-state index contributed by atoms with van der Waals surface area (Å²) in [7, 11) is -2.45. The zero-order valence-corrected chi connectivity index (χ0v) is 23.1. The normalized spacial score (nSPS) is 13.2. The van der Waals surface area contributed by atoms with Gasteiger partial charge in [0.2, 0.25) is 22.4 Å². The molecule has 0 unspecified atom stereocenters. The number of aliphatic hydroxyl groups excluding tert-OH is 1. The van der Waals surface area contributed by atoms with Gasteiger partial charge in [0.1, 0.15) is 12.4 Å². The number of hydrogen-bond donors (Lipinski definition) is 3. The van der Waals surface area contributed by atoms with Crippen LogP contribution in [0.5, 0.6) is 5.75 Å². The van der Waals surface area contributed by atoms with Crippen LogP contribution in [-0.4, -0.2) is 61.5 Å². The lowest BCUT2D eigenvalue weighted by atomic mass is 10.0. The molecule has 0 saturated heterocycles. The van der Waals surface area contributed by atoms with Crippen molar-refractivity contribution in [2.24, 2.45) is 5.92 Å². The maximum Gasteiger partial charge on any atom is 0.407 e. The van der Waals surface area contributed by atoms with Crippen LogP contribution in [0.3, 0.4) is 0 Å². The molecule has 10 nitrogen and oxygen atoms in total. The Morgan fingerprint density at radius 2 is 1.62 bits per heavy atom. The van der Waals surface area contributed by atoms with Crippen LogP contribution >= 0.6 is 0 Å². The molecule has 2 aromatic carbocycles. The molecule has 11 heteroatoms. The third kappa shape index (κ3) is 8.95. The van der Waals surface area contributed by atoms with E-state index in [1.54, 1.807) is 24.3 Å². The number of methoxy groups -OCH3 is 1. The lowest BCUT2D eigenvalue weighted by Crippen LogP contribution is -2.51. The van der Waals surface area contributed by atoms with E-state index in [-0.39, 0.29) is 36.9 Å². The van der Waals surface area contributed by atoms with Gasteiger partial charge in [-0.3, -0.25) is 5.21 Å². The highest BCUT2D eigenvalue weighted by molar-refractivity contribution is 7.89. The van der Waals surface area contributed by atoms with Crippen LogP contribution in [0.1, 0.15) is 25.0 Å². The van der Waals surface area contributed by atoms with Crippen molar-refractivity contribution in [3.8, 4) is 5.75 Å². The molecular formula is C28H36N3O7S+. The molecule has 0 saturated carbocycles. The summed E-state index contributed by atoms with van der Waals surface area (Å²) in [5.41, 5.74) is 1.51. The highest BCUT2D eigenvalue weighted by Gasteiger charge is 2.31. The molecule has 3 rings (SSSR count). The molecule has 39 heavy (non-hydrogen) atoms. The molecule has 0 spiro atoms. The largest absolute Gasteiger partial charge is 0.497 e. The number of nitrogens with one attached hydrogen (secondary N) is 1. The van der Waals surface area contributed by atoms with Gasteiger partial charge < -0.3 is 19.9 Å². The first-order valence-electron chi connectivity index (χ1n) is 12.6. The molecule has 0 radical (unpaired) electrons. The predicted molar refractivity (Wildman–Crippen MR) is 144 cm³/mol. The predicted octanol–water partition coefficient (Wildman–Crippen LogP) is 2.77. The van der Waals surface area contributed by atoms with Crippen LogP contribution in [0.4, 0.5) is 4.79 Å². The first-order chi connectivity index (χ1) is 18.6. The van der Waals surface area contributed by atoms with E-state index >= 15 is 0 Å². The van der Waals surface area contributed by atoms with Crippen LogP contribution in [0.2, 0.25) is 0 Å². The van der Waals surface area contributed by atoms with Crippen LogP contribution < -0.4 is 14.8 Å². The van der Waals surface area contributed by atoms with Gasteiger partial charge in [0.05, 0.1) is 24.2 Å². The fourth-order valence-electron chi connectivity index (χ4n) is 3.95. The summed E-state index contributed by atoms with van der Waals surface area (Å²) in [6.07, 6.45) is 1.07. The fraction of sp³-hybridized carbons (Fsp3) is 0.357. The Hall–Kier alpha value is -3.67. The van der Waals surface area contributed by atoms with E-state index in [4.69, 9.17) is 9.47 Å². The molecule has 1 heterocycles. The average molecular weight is 559 g/mol. The first kappa shape index (κ1) is 29.9. The monoisotopic (exact) mass is 558 g/mol. The molecule has 1 amide bonds. The average Bonchev–Trinajstić information content (AvgIpc) is 2.92. The van der Waals surface area contributed by atoms with Crippen molar-refractivity contribution in [3.63, 3.8) is 0 Å². The lowest BCUT2D eigenvalue weighted by molar-refractivity contribution is -0.904. The highest BCUT2D eigenvalue weighted by atomic mass is 32.2. The van der Waals surface area contributed by atoms with E-state index in [1.807, 2.05) is 44.2 Å². The molecule has 0 aliphatic heterocycles. The second-order valence-electron chi connectivity index (χ2n) is 9.56. The minimum atomic E-state index is -3.95. The summed E-state index contributed by atoms with van der Waals surface area (Å²) in [4.78, 5) is 12.8. The van der Waals surface area contributed by atoms with Crippen molar-refractivity contribution in [2.75, 3.05) is 20.2 Å². The Balaban J connectivity index is 1.78. The first-order valence-corrected chi connectivity index (χ1v) is 14.0. The van der Waals surface area contributed by atoms with E-state index in [0.717, 1.165) is 10.3 Å². The topological polar surface area (TPSA) is 129 Å². The molecule has 210 valence electrons. The Kier molecular flexibility index (Phi) is 10.7. The summed E-state index contributed by atoms with van der Waals surface area (Å²) in [6, 6.07) is 17.7. The number of sulfonamides is 1. The van der Waals surface area contributed by atoms with Crippen molar-refractivity contribution in [1.82, 2.24) is 9.62 Å². The molecule has 0 fully saturated rings. The summed E-state index contributed by atoms with van der Waals surface area (Å²) in [5, 5.41) is 23.3. The fourth-order valence-corrected chi connectivity index (χ4v) is 5.57. The Labute approximate surface area is 229 Å². The van der Waals surface area contributed by atoms with Crippen molar-refractivity contribution in [2.45, 2.75) is 43.9 Å². The van der Waals surface area contributed by atoms with E-state index in [1.165, 1.54) is 35.9 Å². The summed E-state index contributed by atoms with van der Waals surface area (Å²) < 4.78 is 39.6. The second-order valence-corrected chi connectivity index (χ2v) is 11.5. The minimum absolute atomic E-state index is 0.0146. The highest BCUT2D eigenvalue weighted by Crippen LogP contribution is 2.21. The third-order valence-corrected chi connectivity index (χ3v) is 7.82. The van der Waals surface area contributed by atoms with Crippen LogP contribution in [0.15, 0.2) is 84.0 Å². The van der Waals surface area contributed by atoms with Gasteiger partial charge in [0.25, 0.3) is 0 Å². The van der Waals surface area contributed by atoms with Crippen LogP contribution in [0.25, 0.3) is 0 Å². The number of pyridine rings is 1. The van der Waals surface area contributed by atoms with Crippen molar-refractivity contribution in [1.29, 1.82) is 0 Å². The Morgan fingerprint density at radius 3 is 2.21 bits per heavy atom. The minimum Gasteiger partial charge on any atom is -0.497 e. The zero-order valence-electron chi connectivity index (χ0n) is 22.3. The maximum atomic E-state index is 13.5. The Bertz CT molecular complexity index is 1280. The number of hydrogen-bond acceptors (Lipinski definition) is 7. The van der Waals surface area contributed by atoms with Gasteiger partial charge in [-0.25, -0.2) is 13.2 Å². The molecule has 2 atom stereocenters. The number of aliphatic hydroxyl groups is 1. The van der Waals surface area contributed by atoms with E-state index in [0.29, 0.717) is 11.3 Å². The number of amides is 1. The van der Waals surface area contributed by atoms with Crippen molar-refractivity contribution in [3.05, 3.63) is 90.3 Å². The summed E-state index contributed by atoms with van der Waals surface area (Å²) in [6.45, 7) is 3.67. The van der Waals surface area contributed by atoms with Gasteiger partial charge in [0, 0.05) is 35.5 Å². The standard InChI is InChI=1S/C28H35N3O7S/c1-21(2)18-31(39(35,36)25-11-9-24(37-3)10-12-25)19-27(32)26(17-22-7-5-4-6-8-22)29-28(33)38-20-23-13-15-30(34)16-14-23/h4-16,21,26-27,32H,17-20H2,1-3H3,(H-,29,33,34)/p+1/t26-,27+/m0/s1. The SMILES string of the molecule is COc1ccc(S(=O)(=O)N(CC(C)C)C[C@@H](O)[C@H](Cc2ccccc2)NC(=O)OCc2cc[n+](O)cc2)cc1. The molecule has 0 bridgehead atoms. The number of nitrogens with zero attached hydrogens (tertiary/aromatic N) is 2. The van der Waals surface area contributed by atoms with Crippen LogP contribution in [-0.2, 0) is 27.8 Å². The molecule has 0 aliphatic carbocycles. The molecule has 3 aromatic rings. The van der Waals surface area contributed by atoms with Gasteiger partial charge in [-0.15, -0.1) is 0 Å². The molecule has 3 N–H and O–H groups in total. The van der Waals surface area contributed by atoms with Crippen molar-refractivity contribution < 1.29 is 37.7 Å². The number of ether oxygens (including phenoxy) is 2. The Morgan fingerprint density at radius 1 is 0.974 bits per heavy atom. The van der Waals surface area contributed by atoms with Gasteiger partial charge in [-0.2, -0.15) is 4.31 Å². The number of alkyl carbamates (subject to hydrolysis) is 1.